The summed E-state index contributed by atoms with van der Waals surface area (Å²) in [6, 6.07) is 4.43. The summed E-state index contributed by atoms with van der Waals surface area (Å²) < 4.78 is 0. The van der Waals surface area contributed by atoms with Gasteiger partial charge in [0.15, 0.2) is 6.61 Å². The van der Waals surface area contributed by atoms with Crippen molar-refractivity contribution in [2.45, 2.75) is 6.61 Å². The van der Waals surface area contributed by atoms with Gasteiger partial charge in [-0.25, -0.2) is 0 Å². The second kappa shape index (κ2) is 2.58. The summed E-state index contributed by atoms with van der Waals surface area (Å²) >= 11 is 0. The van der Waals surface area contributed by atoms with E-state index >= 15 is 0 Å². The Balaban J connectivity index is 3.17. The van der Waals surface area contributed by atoms with E-state index in [9.17, 15) is 0 Å². The lowest BCUT2D eigenvalue weighted by atomic mass is 10.2. The smallest absolute Gasteiger partial charge is 0.177 e. The quantitative estimate of drug-likeness (QED) is 0.553. The van der Waals surface area contributed by atoms with Crippen LogP contribution in [-0.4, -0.2) is 15.3 Å². The van der Waals surface area contributed by atoms with Crippen molar-refractivity contribution in [3.63, 3.8) is 0 Å². The van der Waals surface area contributed by atoms with E-state index in [0.717, 1.165) is 0 Å². The molecular weight excluding hydrogens is 132 g/mol. The molecule has 0 spiro atoms. The number of rotatable bonds is 1. The molecule has 4 N–H and O–H groups in total. The maximum Gasteiger partial charge on any atom is 0.177 e. The highest BCUT2D eigenvalue weighted by Crippen LogP contribution is 2.25. The predicted octanol–water partition coefficient (Wildman–Crippen LogP) is 0.322. The molecule has 54 valence electrons. The van der Waals surface area contributed by atoms with Crippen LogP contribution in [-0.2, 0) is 6.61 Å². The van der Waals surface area contributed by atoms with Crippen LogP contribution in [0.1, 0.15) is 5.56 Å². The Kier molecular flexibility index (Phi) is 1.78. The molecule has 0 fully saturated rings. The Hall–Kier alpha value is -1.22. The molecule has 10 heavy (non-hydrogen) atoms. The Morgan fingerprint density at radius 3 is 2.00 bits per heavy atom. The van der Waals surface area contributed by atoms with E-state index in [1.165, 1.54) is 18.2 Å². The Morgan fingerprint density at radius 2 is 1.70 bits per heavy atom. The largest absolute Gasteiger partial charge is 0.507 e. The zero-order chi connectivity index (χ0) is 7.56. The molecule has 3 heteroatoms. The van der Waals surface area contributed by atoms with Gasteiger partial charge < -0.3 is 15.3 Å². The molecule has 0 heterocycles. The van der Waals surface area contributed by atoms with E-state index in [0.29, 0.717) is 0 Å². The fourth-order valence-corrected chi connectivity index (χ4v) is 0.744. The molecule has 0 amide bonds. The van der Waals surface area contributed by atoms with Gasteiger partial charge in [0.2, 0.25) is 0 Å². The molecule has 0 aliphatic carbocycles. The van der Waals surface area contributed by atoms with Crippen LogP contribution in [0.15, 0.2) is 18.2 Å². The minimum Gasteiger partial charge on any atom is -0.507 e. The van der Waals surface area contributed by atoms with Gasteiger partial charge in [-0.05, 0) is 12.1 Å². The van der Waals surface area contributed by atoms with E-state index in [2.05, 4.69) is 0 Å². The van der Waals surface area contributed by atoms with Crippen LogP contribution >= 0.6 is 0 Å². The number of phenolic OH excluding ortho intramolecular Hbond substituents is 2. The highest BCUT2D eigenvalue weighted by atomic mass is 16.3. The first-order valence-corrected chi connectivity index (χ1v) is 2.90. The summed E-state index contributed by atoms with van der Waals surface area (Å²) in [5.41, 5.74) is 0.280. The maximum absolute atomic E-state index is 9.01. The molecule has 0 unspecified atom stereocenters. The number of benzene rings is 1. The fourth-order valence-electron chi connectivity index (χ4n) is 0.744. The van der Waals surface area contributed by atoms with Gasteiger partial charge in [-0.15, -0.1) is 0 Å². The zero-order valence-corrected chi connectivity index (χ0v) is 5.33. The number of hydrogen-bond acceptors (Lipinski definition) is 2. The molecule has 3 nitrogen and oxygen atoms in total. The van der Waals surface area contributed by atoms with Crippen LogP contribution in [0, 0.1) is 0 Å². The van der Waals surface area contributed by atoms with Crippen molar-refractivity contribution in [1.82, 2.24) is 0 Å². The van der Waals surface area contributed by atoms with E-state index in [1.54, 1.807) is 0 Å². The average Bonchev–Trinajstić information content (AvgIpc) is 1.88. The van der Waals surface area contributed by atoms with Crippen LogP contribution in [0.25, 0.3) is 0 Å². The second-order valence-corrected chi connectivity index (χ2v) is 1.95. The minimum absolute atomic E-state index is 0.0185. The third-order valence-electron chi connectivity index (χ3n) is 1.30. The fraction of sp³-hybridized carbons (Fsp3) is 0.143. The van der Waals surface area contributed by atoms with Gasteiger partial charge in [-0.3, -0.25) is 0 Å². The van der Waals surface area contributed by atoms with Crippen LogP contribution < -0.4 is 0 Å². The number of hydrogen-bond donors (Lipinski definition) is 2. The van der Waals surface area contributed by atoms with Crippen molar-refractivity contribution >= 4 is 0 Å². The number of phenols is 2. The van der Waals surface area contributed by atoms with Gasteiger partial charge in [0.25, 0.3) is 0 Å². The van der Waals surface area contributed by atoms with E-state index in [-0.39, 0.29) is 23.7 Å². The second-order valence-electron chi connectivity index (χ2n) is 1.95. The lowest BCUT2D eigenvalue weighted by Gasteiger charge is -1.99. The van der Waals surface area contributed by atoms with Gasteiger partial charge >= 0.3 is 0 Å². The van der Waals surface area contributed by atoms with Crippen LogP contribution in [0.3, 0.4) is 0 Å². The van der Waals surface area contributed by atoms with Crippen molar-refractivity contribution in [3.8, 4) is 11.5 Å². The molecule has 0 atom stereocenters. The summed E-state index contributed by atoms with van der Waals surface area (Å²) in [4.78, 5) is 0. The minimum atomic E-state index is -0.0987. The van der Waals surface area contributed by atoms with Crippen molar-refractivity contribution in [2.75, 3.05) is 0 Å². The molecule has 0 saturated heterocycles. The highest BCUT2D eigenvalue weighted by molar-refractivity contribution is 5.42. The van der Waals surface area contributed by atoms with E-state index < -0.39 is 0 Å². The summed E-state index contributed by atoms with van der Waals surface area (Å²) in [6.45, 7) is -0.0987. The third-order valence-corrected chi connectivity index (χ3v) is 1.30. The first-order chi connectivity index (χ1) is 4.75. The molecule has 0 saturated carbocycles. The monoisotopic (exact) mass is 141 g/mol. The van der Waals surface area contributed by atoms with Gasteiger partial charge in [-0.1, -0.05) is 6.07 Å². The Bertz CT molecular complexity index is 212. The lowest BCUT2D eigenvalue weighted by molar-refractivity contribution is 0.268. The zero-order valence-electron chi connectivity index (χ0n) is 5.33. The predicted molar refractivity (Wildman–Crippen MR) is 37.1 cm³/mol. The first kappa shape index (κ1) is 6.89. The van der Waals surface area contributed by atoms with Crippen molar-refractivity contribution in [2.24, 2.45) is 0 Å². The lowest BCUT2D eigenvalue weighted by Crippen LogP contribution is -1.83. The average molecular weight is 141 g/mol. The number of aromatic hydroxyl groups is 2. The molecule has 0 radical (unpaired) electrons. The molecule has 1 rings (SSSR count). The van der Waals surface area contributed by atoms with E-state index in [4.69, 9.17) is 15.3 Å². The van der Waals surface area contributed by atoms with Gasteiger partial charge in [0.1, 0.15) is 17.1 Å². The maximum atomic E-state index is 9.01. The summed E-state index contributed by atoms with van der Waals surface area (Å²) in [7, 11) is 0. The Morgan fingerprint density at radius 1 is 1.20 bits per heavy atom. The van der Waals surface area contributed by atoms with Crippen LogP contribution in [0.4, 0.5) is 0 Å². The third kappa shape index (κ3) is 1.04. The van der Waals surface area contributed by atoms with Crippen LogP contribution in [0.5, 0.6) is 11.5 Å². The molecule has 0 aliphatic rings. The van der Waals surface area contributed by atoms with Crippen LogP contribution in [0.2, 0.25) is 0 Å². The molecule has 1 aromatic carbocycles. The summed E-state index contributed by atoms with van der Waals surface area (Å²) in [5.74, 6) is -0.0370. The topological polar surface area (TPSA) is 63.4 Å². The summed E-state index contributed by atoms with van der Waals surface area (Å²) in [5, 5.41) is 24.9. The molecule has 0 aliphatic heterocycles. The van der Waals surface area contributed by atoms with Crippen molar-refractivity contribution in [1.29, 1.82) is 0 Å². The summed E-state index contributed by atoms with van der Waals surface area (Å²) in [6.07, 6.45) is 0. The molecule has 0 aromatic heterocycles. The first-order valence-electron chi connectivity index (χ1n) is 2.90. The molecule has 0 bridgehead atoms. The standard InChI is InChI=1S/C7H8O3/c8-4-5-6(9)2-1-3-7(5)10/h1-3,8-10H,4H2/p+1. The van der Waals surface area contributed by atoms with Gasteiger partial charge in [-0.2, -0.15) is 0 Å². The SMILES string of the molecule is Oc1cccc(O)c1C[OH2+]. The van der Waals surface area contributed by atoms with E-state index in [1.807, 2.05) is 0 Å². The van der Waals surface area contributed by atoms with Crippen molar-refractivity contribution < 1.29 is 15.3 Å². The molecular formula is C7H9O3+. The van der Waals surface area contributed by atoms with Crippen molar-refractivity contribution in [3.05, 3.63) is 23.8 Å². The molecule has 1 aromatic rings. The van der Waals surface area contributed by atoms with Gasteiger partial charge in [0.05, 0.1) is 0 Å². The van der Waals surface area contributed by atoms with Gasteiger partial charge in [0, 0.05) is 0 Å². The Labute approximate surface area is 58.2 Å². The highest BCUT2D eigenvalue weighted by Gasteiger charge is 2.05. The normalized spacial score (nSPS) is 9.70.